The Labute approximate surface area is 190 Å². The number of amides is 1. The van der Waals surface area contributed by atoms with E-state index in [4.69, 9.17) is 9.47 Å². The number of carbonyl (C=O) groups excluding carboxylic acids is 2. The number of anilines is 1. The monoisotopic (exact) mass is 457 g/mol. The summed E-state index contributed by atoms with van der Waals surface area (Å²) >= 11 is 1.46. The van der Waals surface area contributed by atoms with Crippen LogP contribution in [0.25, 0.3) is 0 Å². The molecule has 9 heteroatoms. The zero-order valence-corrected chi connectivity index (χ0v) is 19.3. The van der Waals surface area contributed by atoms with E-state index in [-0.39, 0.29) is 23.8 Å². The molecule has 2 aliphatic rings. The number of hydrogen-bond donors (Lipinski definition) is 2. The third kappa shape index (κ3) is 4.34. The summed E-state index contributed by atoms with van der Waals surface area (Å²) in [4.78, 5) is 24.3. The zero-order chi connectivity index (χ0) is 22.8. The van der Waals surface area contributed by atoms with Crippen molar-refractivity contribution < 1.29 is 24.2 Å². The van der Waals surface area contributed by atoms with Crippen LogP contribution in [-0.2, 0) is 22.6 Å². The molecule has 2 aromatic rings. The maximum atomic E-state index is 12.3. The van der Waals surface area contributed by atoms with Gasteiger partial charge in [-0.1, -0.05) is 29.4 Å². The Morgan fingerprint density at radius 1 is 1.34 bits per heavy atom. The lowest BCUT2D eigenvalue weighted by molar-refractivity contribution is -0.116. The van der Waals surface area contributed by atoms with Crippen molar-refractivity contribution in [2.75, 3.05) is 12.4 Å². The predicted molar refractivity (Wildman–Crippen MR) is 120 cm³/mol. The number of hydrogen-bond acceptors (Lipinski definition) is 8. The lowest BCUT2D eigenvalue weighted by atomic mass is 9.86. The van der Waals surface area contributed by atoms with Crippen LogP contribution in [-0.4, -0.2) is 34.3 Å². The van der Waals surface area contributed by atoms with Gasteiger partial charge in [-0.25, -0.2) is 4.79 Å². The number of fused-ring (bicyclic) bond motifs is 1. The normalized spacial score (nSPS) is 15.8. The number of phenols is 1. The summed E-state index contributed by atoms with van der Waals surface area (Å²) in [5.74, 6) is 0.344. The second-order valence-corrected chi connectivity index (χ2v) is 9.30. The first kappa shape index (κ1) is 22.3. The van der Waals surface area contributed by atoms with Gasteiger partial charge in [-0.3, -0.25) is 4.79 Å². The van der Waals surface area contributed by atoms with Gasteiger partial charge in [0.2, 0.25) is 11.0 Å². The van der Waals surface area contributed by atoms with Gasteiger partial charge >= 0.3 is 5.97 Å². The van der Waals surface area contributed by atoms with Gasteiger partial charge in [0.15, 0.2) is 0 Å². The predicted octanol–water partition coefficient (Wildman–Crippen LogP) is 4.41. The molecule has 1 amide bonds. The molecule has 0 unspecified atom stereocenters. The molecule has 1 aromatic heterocycles. The number of ether oxygens (including phenoxy) is 2. The third-order valence-corrected chi connectivity index (χ3v) is 7.19. The van der Waals surface area contributed by atoms with E-state index in [1.165, 1.54) is 17.8 Å². The molecular weight excluding hydrogens is 430 g/mol. The van der Waals surface area contributed by atoms with Crippen molar-refractivity contribution >= 4 is 28.3 Å². The third-order valence-electron chi connectivity index (χ3n) is 6.19. The van der Waals surface area contributed by atoms with Gasteiger partial charge in [0.25, 0.3) is 0 Å². The summed E-state index contributed by atoms with van der Waals surface area (Å²) < 4.78 is 10.6. The summed E-state index contributed by atoms with van der Waals surface area (Å²) in [6, 6.07) is 0. The van der Waals surface area contributed by atoms with Crippen molar-refractivity contribution in [3.8, 4) is 11.5 Å². The quantitative estimate of drug-likeness (QED) is 0.446. The summed E-state index contributed by atoms with van der Waals surface area (Å²) in [6.07, 6.45) is 6.74. The van der Waals surface area contributed by atoms with Crippen molar-refractivity contribution in [1.82, 2.24) is 10.2 Å². The van der Waals surface area contributed by atoms with Gasteiger partial charge < -0.3 is 19.9 Å². The highest BCUT2D eigenvalue weighted by atomic mass is 32.1. The molecule has 0 radical (unpaired) electrons. The number of benzene rings is 1. The minimum atomic E-state index is -0.515. The fraction of sp³-hybridized carbons (Fsp3) is 0.478. The fourth-order valence-electron chi connectivity index (χ4n) is 4.00. The molecule has 1 saturated carbocycles. The molecule has 4 rings (SSSR count). The molecule has 0 spiro atoms. The van der Waals surface area contributed by atoms with Gasteiger partial charge in [-0.05, 0) is 45.1 Å². The Hall–Kier alpha value is -2.94. The van der Waals surface area contributed by atoms with E-state index < -0.39 is 5.97 Å². The van der Waals surface area contributed by atoms with Crippen molar-refractivity contribution in [2.45, 2.75) is 64.9 Å². The number of methoxy groups -OCH3 is 1. The van der Waals surface area contributed by atoms with Crippen LogP contribution in [0.2, 0.25) is 0 Å². The number of aromatic nitrogens is 2. The lowest BCUT2D eigenvalue weighted by Gasteiger charge is -2.21. The van der Waals surface area contributed by atoms with Crippen LogP contribution in [0.3, 0.4) is 0 Å². The first-order valence-corrected chi connectivity index (χ1v) is 11.6. The Morgan fingerprint density at radius 3 is 2.81 bits per heavy atom. The molecule has 1 aliphatic heterocycles. The van der Waals surface area contributed by atoms with E-state index in [2.05, 4.69) is 15.5 Å². The highest BCUT2D eigenvalue weighted by Crippen LogP contribution is 2.42. The van der Waals surface area contributed by atoms with Crippen LogP contribution < -0.4 is 10.1 Å². The minimum Gasteiger partial charge on any atom is -0.507 e. The Bertz CT molecular complexity index is 1090. The molecular formula is C23H27N3O5S. The van der Waals surface area contributed by atoms with Crippen LogP contribution in [0, 0.1) is 6.92 Å². The number of allylic oxidation sites excluding steroid dienone is 2. The standard InChI is InChI=1S/C23H27N3O5S/c1-12(8-10-17(27)24-23-26-25-21(32-23)14-5-4-6-14)7-9-15-19(28)18-16(11-31-22(18)29)13(2)20(15)30-3/h7,14,28H,4-6,8-11H2,1-3H3,(H,24,26,27). The number of nitrogens with zero attached hydrogens (tertiary/aromatic N) is 2. The van der Waals surface area contributed by atoms with Crippen molar-refractivity contribution in [2.24, 2.45) is 0 Å². The molecule has 32 heavy (non-hydrogen) atoms. The molecule has 1 aromatic carbocycles. The molecule has 1 fully saturated rings. The summed E-state index contributed by atoms with van der Waals surface area (Å²) in [7, 11) is 1.54. The fourth-order valence-corrected chi connectivity index (χ4v) is 4.93. The first-order valence-electron chi connectivity index (χ1n) is 10.8. The average Bonchev–Trinajstić information content (AvgIpc) is 3.33. The van der Waals surface area contributed by atoms with E-state index in [9.17, 15) is 14.7 Å². The minimum absolute atomic E-state index is 0.0923. The van der Waals surface area contributed by atoms with Crippen LogP contribution >= 0.6 is 11.3 Å². The van der Waals surface area contributed by atoms with Gasteiger partial charge in [-0.15, -0.1) is 10.2 Å². The van der Waals surface area contributed by atoms with Crippen molar-refractivity contribution in [1.29, 1.82) is 0 Å². The van der Waals surface area contributed by atoms with Crippen molar-refractivity contribution in [3.63, 3.8) is 0 Å². The van der Waals surface area contributed by atoms with Crippen LogP contribution in [0.4, 0.5) is 5.13 Å². The smallest absolute Gasteiger partial charge is 0.342 e. The highest BCUT2D eigenvalue weighted by molar-refractivity contribution is 7.15. The molecule has 2 heterocycles. The number of rotatable bonds is 8. The Morgan fingerprint density at radius 2 is 2.12 bits per heavy atom. The molecule has 1 aliphatic carbocycles. The Kier molecular flexibility index (Phi) is 6.45. The number of carbonyl (C=O) groups is 2. The van der Waals surface area contributed by atoms with E-state index in [1.807, 2.05) is 19.9 Å². The molecule has 0 bridgehead atoms. The lowest BCUT2D eigenvalue weighted by Crippen LogP contribution is -2.11. The van der Waals surface area contributed by atoms with Crippen LogP contribution in [0.1, 0.15) is 77.0 Å². The number of esters is 1. The molecule has 170 valence electrons. The van der Waals surface area contributed by atoms with Gasteiger partial charge in [0.05, 0.1) is 7.11 Å². The van der Waals surface area contributed by atoms with Gasteiger partial charge in [0.1, 0.15) is 28.7 Å². The molecule has 8 nitrogen and oxygen atoms in total. The second-order valence-electron chi connectivity index (χ2n) is 8.29. The van der Waals surface area contributed by atoms with Crippen molar-refractivity contribution in [3.05, 3.63) is 38.9 Å². The first-order chi connectivity index (χ1) is 15.4. The largest absolute Gasteiger partial charge is 0.507 e. The number of nitrogens with one attached hydrogen (secondary N) is 1. The Balaban J connectivity index is 1.37. The maximum Gasteiger partial charge on any atom is 0.342 e. The molecule has 2 N–H and O–H groups in total. The topological polar surface area (TPSA) is 111 Å². The van der Waals surface area contributed by atoms with Gasteiger partial charge in [0, 0.05) is 23.5 Å². The summed E-state index contributed by atoms with van der Waals surface area (Å²) in [6.45, 7) is 3.93. The maximum absolute atomic E-state index is 12.3. The van der Waals surface area contributed by atoms with Crippen LogP contribution in [0.5, 0.6) is 11.5 Å². The van der Waals surface area contributed by atoms with E-state index >= 15 is 0 Å². The molecule has 0 atom stereocenters. The number of cyclic esters (lactones) is 1. The summed E-state index contributed by atoms with van der Waals surface area (Å²) in [5, 5.41) is 23.3. The van der Waals surface area contributed by atoms with E-state index in [0.717, 1.165) is 29.0 Å². The van der Waals surface area contributed by atoms with E-state index in [0.29, 0.717) is 47.2 Å². The zero-order valence-electron chi connectivity index (χ0n) is 18.5. The van der Waals surface area contributed by atoms with Gasteiger partial charge in [-0.2, -0.15) is 0 Å². The SMILES string of the molecule is COc1c(C)c2c(c(O)c1CC=C(C)CCC(=O)Nc1nnc(C3CCC3)s1)C(=O)OC2. The highest BCUT2D eigenvalue weighted by Gasteiger charge is 2.31. The molecule has 0 saturated heterocycles. The number of aromatic hydroxyl groups is 1. The second kappa shape index (κ2) is 9.28. The number of phenolic OH excluding ortho intramolecular Hbond substituents is 1. The summed E-state index contributed by atoms with van der Waals surface area (Å²) in [5.41, 5.74) is 3.23. The van der Waals surface area contributed by atoms with Crippen LogP contribution in [0.15, 0.2) is 11.6 Å². The van der Waals surface area contributed by atoms with E-state index in [1.54, 1.807) is 7.11 Å². The average molecular weight is 458 g/mol.